The average molecular weight is 265 g/mol. The van der Waals surface area contributed by atoms with E-state index in [0.717, 1.165) is 0 Å². The van der Waals surface area contributed by atoms with Crippen LogP contribution < -0.4 is 4.74 Å². The van der Waals surface area contributed by atoms with Gasteiger partial charge in [0.2, 0.25) is 0 Å². The minimum absolute atomic E-state index is 0.0283. The van der Waals surface area contributed by atoms with Crippen LogP contribution in [0, 0.1) is 15.9 Å². The lowest BCUT2D eigenvalue weighted by molar-refractivity contribution is -0.385. The summed E-state index contributed by atoms with van der Waals surface area (Å²) < 4.78 is 19.5. The molecule has 2 rings (SSSR count). The first-order valence-electron chi connectivity index (χ1n) is 5.70. The van der Waals surface area contributed by atoms with Gasteiger partial charge >= 0.3 is 5.69 Å². The van der Waals surface area contributed by atoms with Crippen LogP contribution in [0.15, 0.2) is 36.7 Å². The van der Waals surface area contributed by atoms with Gasteiger partial charge in [0.05, 0.1) is 11.5 Å². The summed E-state index contributed by atoms with van der Waals surface area (Å²) in [4.78, 5) is 9.97. The van der Waals surface area contributed by atoms with Gasteiger partial charge in [-0.1, -0.05) is 0 Å². The van der Waals surface area contributed by atoms with Gasteiger partial charge in [-0.15, -0.1) is 0 Å². The monoisotopic (exact) mass is 265 g/mol. The molecule has 0 amide bonds. The van der Waals surface area contributed by atoms with Gasteiger partial charge in [-0.3, -0.25) is 14.8 Å². The molecule has 100 valence electrons. The standard InChI is InChI=1S/C12H12FN3O3/c13-10-2-4-12(5-3-10)19-7-1-6-15-9-11(8-14-15)16(17)18/h2-5,8-9H,1,6-7H2. The first-order valence-corrected chi connectivity index (χ1v) is 5.70. The van der Waals surface area contributed by atoms with E-state index in [4.69, 9.17) is 4.74 Å². The normalized spacial score (nSPS) is 10.4. The van der Waals surface area contributed by atoms with Crippen molar-refractivity contribution < 1.29 is 14.1 Å². The third kappa shape index (κ3) is 3.77. The summed E-state index contributed by atoms with van der Waals surface area (Å²) in [7, 11) is 0. The third-order valence-corrected chi connectivity index (χ3v) is 2.44. The Labute approximate surface area is 108 Å². The Morgan fingerprint density at radius 2 is 2.11 bits per heavy atom. The smallest absolute Gasteiger partial charge is 0.306 e. The van der Waals surface area contributed by atoms with Crippen molar-refractivity contribution in [2.75, 3.05) is 6.61 Å². The molecule has 0 spiro atoms. The Morgan fingerprint density at radius 3 is 2.74 bits per heavy atom. The number of hydrogen-bond donors (Lipinski definition) is 0. The van der Waals surface area contributed by atoms with Gasteiger partial charge in [-0.2, -0.15) is 5.10 Å². The summed E-state index contributed by atoms with van der Waals surface area (Å²) in [5, 5.41) is 14.3. The third-order valence-electron chi connectivity index (χ3n) is 2.44. The van der Waals surface area contributed by atoms with Gasteiger partial charge < -0.3 is 4.74 Å². The molecule has 7 heteroatoms. The predicted molar refractivity (Wildman–Crippen MR) is 65.4 cm³/mol. The van der Waals surface area contributed by atoms with Gasteiger partial charge in [-0.05, 0) is 24.3 Å². The lowest BCUT2D eigenvalue weighted by atomic mass is 10.3. The first kappa shape index (κ1) is 13.0. The molecule has 1 heterocycles. The molecule has 0 saturated carbocycles. The van der Waals surface area contributed by atoms with E-state index in [1.54, 1.807) is 12.1 Å². The topological polar surface area (TPSA) is 70.2 Å². The molecule has 1 aromatic carbocycles. The summed E-state index contributed by atoms with van der Waals surface area (Å²) in [5.41, 5.74) is -0.0283. The molecule has 0 radical (unpaired) electrons. The van der Waals surface area contributed by atoms with Gasteiger partial charge in [0.15, 0.2) is 0 Å². The highest BCUT2D eigenvalue weighted by molar-refractivity contribution is 5.22. The number of nitro groups is 1. The lowest BCUT2D eigenvalue weighted by Gasteiger charge is -2.05. The molecule has 0 aliphatic heterocycles. The SMILES string of the molecule is O=[N+]([O-])c1cnn(CCCOc2ccc(F)cc2)c1. The van der Waals surface area contributed by atoms with E-state index >= 15 is 0 Å². The highest BCUT2D eigenvalue weighted by Crippen LogP contribution is 2.12. The van der Waals surface area contributed by atoms with Crippen molar-refractivity contribution >= 4 is 5.69 Å². The minimum atomic E-state index is -0.488. The number of benzene rings is 1. The molecule has 0 N–H and O–H groups in total. The van der Waals surface area contributed by atoms with Crippen LogP contribution in [-0.4, -0.2) is 21.3 Å². The van der Waals surface area contributed by atoms with Gasteiger partial charge in [0.25, 0.3) is 0 Å². The Bertz CT molecular complexity index is 554. The second-order valence-corrected chi connectivity index (χ2v) is 3.87. The molecule has 0 saturated heterocycles. The summed E-state index contributed by atoms with van der Waals surface area (Å²) in [6, 6.07) is 5.75. The molecule has 1 aromatic heterocycles. The van der Waals surface area contributed by atoms with Gasteiger partial charge in [-0.25, -0.2) is 4.39 Å². The van der Waals surface area contributed by atoms with Crippen molar-refractivity contribution in [3.8, 4) is 5.75 Å². The van der Waals surface area contributed by atoms with Crippen molar-refractivity contribution in [3.05, 3.63) is 52.6 Å². The molecule has 0 unspecified atom stereocenters. The molecule has 2 aromatic rings. The van der Waals surface area contributed by atoms with Crippen LogP contribution in [0.1, 0.15) is 6.42 Å². The van der Waals surface area contributed by atoms with Crippen molar-refractivity contribution in [1.82, 2.24) is 9.78 Å². The Hall–Kier alpha value is -2.44. The van der Waals surface area contributed by atoms with E-state index in [9.17, 15) is 14.5 Å². The first-order chi connectivity index (χ1) is 9.15. The van der Waals surface area contributed by atoms with Crippen LogP contribution in [0.2, 0.25) is 0 Å². The van der Waals surface area contributed by atoms with Gasteiger partial charge in [0, 0.05) is 13.0 Å². The maximum absolute atomic E-state index is 12.6. The largest absolute Gasteiger partial charge is 0.494 e. The van der Waals surface area contributed by atoms with Gasteiger partial charge in [0.1, 0.15) is 24.0 Å². The van der Waals surface area contributed by atoms with E-state index in [-0.39, 0.29) is 11.5 Å². The number of nitrogens with zero attached hydrogens (tertiary/aromatic N) is 3. The maximum atomic E-state index is 12.6. The number of ether oxygens (including phenoxy) is 1. The van der Waals surface area contributed by atoms with Crippen LogP contribution >= 0.6 is 0 Å². The summed E-state index contributed by atoms with van der Waals surface area (Å²) in [6.45, 7) is 0.953. The van der Waals surface area contributed by atoms with E-state index in [1.165, 1.54) is 29.2 Å². The second kappa shape index (κ2) is 5.94. The van der Waals surface area contributed by atoms with E-state index in [2.05, 4.69) is 5.10 Å². The fourth-order valence-electron chi connectivity index (χ4n) is 1.52. The van der Waals surface area contributed by atoms with Crippen LogP contribution in [0.4, 0.5) is 10.1 Å². The molecule has 0 bridgehead atoms. The quantitative estimate of drug-likeness (QED) is 0.457. The predicted octanol–water partition coefficient (Wildman–Crippen LogP) is 2.40. The zero-order valence-electron chi connectivity index (χ0n) is 10.0. The summed E-state index contributed by atoms with van der Waals surface area (Å²) >= 11 is 0. The highest BCUT2D eigenvalue weighted by atomic mass is 19.1. The Kier molecular flexibility index (Phi) is 4.07. The highest BCUT2D eigenvalue weighted by Gasteiger charge is 2.08. The molecule has 0 aliphatic rings. The molecule has 0 atom stereocenters. The van der Waals surface area contributed by atoms with E-state index in [1.807, 2.05) is 0 Å². The van der Waals surface area contributed by atoms with E-state index < -0.39 is 4.92 Å². The van der Waals surface area contributed by atoms with Crippen LogP contribution in [0.25, 0.3) is 0 Å². The van der Waals surface area contributed by atoms with Crippen molar-refractivity contribution in [1.29, 1.82) is 0 Å². The lowest BCUT2D eigenvalue weighted by Crippen LogP contribution is -2.04. The van der Waals surface area contributed by atoms with Crippen molar-refractivity contribution in [3.63, 3.8) is 0 Å². The molecule has 19 heavy (non-hydrogen) atoms. The van der Waals surface area contributed by atoms with Crippen molar-refractivity contribution in [2.24, 2.45) is 0 Å². The fourth-order valence-corrected chi connectivity index (χ4v) is 1.52. The molecule has 6 nitrogen and oxygen atoms in total. The number of halogens is 1. The minimum Gasteiger partial charge on any atom is -0.494 e. The van der Waals surface area contributed by atoms with E-state index in [0.29, 0.717) is 25.3 Å². The number of aromatic nitrogens is 2. The number of aryl methyl sites for hydroxylation is 1. The zero-order valence-corrected chi connectivity index (χ0v) is 10.0. The van der Waals surface area contributed by atoms with Crippen LogP contribution in [0.5, 0.6) is 5.75 Å². The summed E-state index contributed by atoms with van der Waals surface area (Å²) in [6.07, 6.45) is 3.23. The zero-order chi connectivity index (χ0) is 13.7. The fraction of sp³-hybridized carbons (Fsp3) is 0.250. The average Bonchev–Trinajstić information content (AvgIpc) is 2.86. The summed E-state index contributed by atoms with van der Waals surface area (Å²) in [5.74, 6) is 0.282. The molecular formula is C12H12FN3O3. The van der Waals surface area contributed by atoms with Crippen LogP contribution in [0.3, 0.4) is 0 Å². The maximum Gasteiger partial charge on any atom is 0.306 e. The molecule has 0 aliphatic carbocycles. The molecular weight excluding hydrogens is 253 g/mol. The number of rotatable bonds is 6. The second-order valence-electron chi connectivity index (χ2n) is 3.87. The van der Waals surface area contributed by atoms with Crippen LogP contribution in [-0.2, 0) is 6.54 Å². The molecule has 0 fully saturated rings. The van der Waals surface area contributed by atoms with Crippen molar-refractivity contribution in [2.45, 2.75) is 13.0 Å². The number of hydrogen-bond acceptors (Lipinski definition) is 4. The Morgan fingerprint density at radius 1 is 1.37 bits per heavy atom. The Balaban J connectivity index is 1.74.